The predicted octanol–water partition coefficient (Wildman–Crippen LogP) is 3.32. The van der Waals surface area contributed by atoms with Gasteiger partial charge in [0, 0.05) is 12.1 Å². The van der Waals surface area contributed by atoms with Gasteiger partial charge >= 0.3 is 6.09 Å². The van der Waals surface area contributed by atoms with Crippen LogP contribution in [0.3, 0.4) is 0 Å². The fraction of sp³-hybridized carbons (Fsp3) is 0.562. The van der Waals surface area contributed by atoms with E-state index in [1.807, 2.05) is 39.8 Å². The summed E-state index contributed by atoms with van der Waals surface area (Å²) in [6.07, 6.45) is 1.15. The minimum Gasteiger partial charge on any atom is -0.497 e. The van der Waals surface area contributed by atoms with Crippen LogP contribution in [0.2, 0.25) is 0 Å². The van der Waals surface area contributed by atoms with Crippen LogP contribution in [-0.4, -0.2) is 24.8 Å². The molecule has 0 aliphatic rings. The minimum absolute atomic E-state index is 0.112. The van der Waals surface area contributed by atoms with E-state index in [2.05, 4.69) is 5.32 Å². The number of nitrogens with two attached hydrogens (primary N) is 1. The number of benzene rings is 1. The van der Waals surface area contributed by atoms with Crippen molar-refractivity contribution < 1.29 is 14.3 Å². The van der Waals surface area contributed by atoms with Crippen LogP contribution in [-0.2, 0) is 11.2 Å². The van der Waals surface area contributed by atoms with Crippen LogP contribution >= 0.6 is 0 Å². The average Bonchev–Trinajstić information content (AvgIpc) is 2.34. The van der Waals surface area contributed by atoms with E-state index in [1.54, 1.807) is 13.2 Å². The Morgan fingerprint density at radius 1 is 1.38 bits per heavy atom. The molecule has 1 aromatic carbocycles. The lowest BCUT2D eigenvalue weighted by Crippen LogP contribution is -2.27. The predicted molar refractivity (Wildman–Crippen MR) is 84.8 cm³/mol. The number of carbonyl (C=O) groups is 1. The SMILES string of the molecule is COc1ccc(CC[C@@H](C)N)c(NC(=O)OC(C)(C)C)c1. The number of amides is 1. The fourth-order valence-corrected chi connectivity index (χ4v) is 1.81. The maximum Gasteiger partial charge on any atom is 0.412 e. The third kappa shape index (κ3) is 6.49. The number of rotatable bonds is 5. The van der Waals surface area contributed by atoms with Gasteiger partial charge in [0.2, 0.25) is 0 Å². The molecule has 21 heavy (non-hydrogen) atoms. The number of ether oxygens (including phenoxy) is 2. The van der Waals surface area contributed by atoms with Crippen LogP contribution in [0.25, 0.3) is 0 Å². The van der Waals surface area contributed by atoms with Gasteiger partial charge in [-0.25, -0.2) is 4.79 Å². The Bertz CT molecular complexity index is 479. The van der Waals surface area contributed by atoms with E-state index >= 15 is 0 Å². The Labute approximate surface area is 126 Å². The molecular formula is C16H26N2O3. The Hall–Kier alpha value is -1.75. The zero-order chi connectivity index (χ0) is 16.0. The monoisotopic (exact) mass is 294 g/mol. The van der Waals surface area contributed by atoms with Crippen molar-refractivity contribution in [3.05, 3.63) is 23.8 Å². The first-order valence-electron chi connectivity index (χ1n) is 7.14. The van der Waals surface area contributed by atoms with Gasteiger partial charge in [0.25, 0.3) is 0 Å². The molecule has 5 nitrogen and oxygen atoms in total. The van der Waals surface area contributed by atoms with Crippen LogP contribution in [0.1, 0.15) is 39.7 Å². The Morgan fingerprint density at radius 3 is 2.57 bits per heavy atom. The van der Waals surface area contributed by atoms with Crippen molar-refractivity contribution in [2.24, 2.45) is 5.73 Å². The first kappa shape index (κ1) is 17.3. The summed E-state index contributed by atoms with van der Waals surface area (Å²) in [4.78, 5) is 11.9. The molecule has 0 saturated carbocycles. The highest BCUT2D eigenvalue weighted by Gasteiger charge is 2.17. The van der Waals surface area contributed by atoms with Crippen molar-refractivity contribution in [3.8, 4) is 5.75 Å². The molecule has 0 unspecified atom stereocenters. The van der Waals surface area contributed by atoms with Gasteiger partial charge in [0.1, 0.15) is 11.4 Å². The lowest BCUT2D eigenvalue weighted by molar-refractivity contribution is 0.0636. The maximum atomic E-state index is 11.9. The van der Waals surface area contributed by atoms with Crippen molar-refractivity contribution in [3.63, 3.8) is 0 Å². The molecule has 0 spiro atoms. The quantitative estimate of drug-likeness (QED) is 0.873. The summed E-state index contributed by atoms with van der Waals surface area (Å²) in [5.41, 5.74) is 6.97. The van der Waals surface area contributed by atoms with Crippen molar-refractivity contribution in [1.82, 2.24) is 0 Å². The molecule has 0 bridgehead atoms. The summed E-state index contributed by atoms with van der Waals surface area (Å²) in [6, 6.07) is 5.71. The number of hydrogen-bond donors (Lipinski definition) is 2. The van der Waals surface area contributed by atoms with Crippen LogP contribution in [0.15, 0.2) is 18.2 Å². The second-order valence-electron chi connectivity index (χ2n) is 6.17. The van der Waals surface area contributed by atoms with E-state index in [1.165, 1.54) is 0 Å². The van der Waals surface area contributed by atoms with Gasteiger partial charge in [-0.2, -0.15) is 0 Å². The molecule has 5 heteroatoms. The van der Waals surface area contributed by atoms with Gasteiger partial charge in [-0.05, 0) is 52.2 Å². The number of nitrogens with one attached hydrogen (secondary N) is 1. The lowest BCUT2D eigenvalue weighted by atomic mass is 10.0. The third-order valence-electron chi connectivity index (χ3n) is 2.82. The van der Waals surface area contributed by atoms with E-state index in [0.717, 1.165) is 18.4 Å². The summed E-state index contributed by atoms with van der Waals surface area (Å²) < 4.78 is 10.5. The Balaban J connectivity index is 2.88. The number of hydrogen-bond acceptors (Lipinski definition) is 4. The molecule has 0 radical (unpaired) electrons. The minimum atomic E-state index is -0.533. The molecule has 0 heterocycles. The molecule has 0 saturated heterocycles. The molecule has 1 atom stereocenters. The highest BCUT2D eigenvalue weighted by molar-refractivity contribution is 5.86. The van der Waals surface area contributed by atoms with Crippen LogP contribution in [0, 0.1) is 0 Å². The number of aryl methyl sites for hydroxylation is 1. The van der Waals surface area contributed by atoms with E-state index in [0.29, 0.717) is 11.4 Å². The summed E-state index contributed by atoms with van der Waals surface area (Å²) in [7, 11) is 1.59. The summed E-state index contributed by atoms with van der Waals surface area (Å²) in [5, 5.41) is 2.78. The molecule has 1 rings (SSSR count). The topological polar surface area (TPSA) is 73.6 Å². The van der Waals surface area contributed by atoms with Gasteiger partial charge in [-0.15, -0.1) is 0 Å². The largest absolute Gasteiger partial charge is 0.497 e. The van der Waals surface area contributed by atoms with Gasteiger partial charge < -0.3 is 15.2 Å². The molecule has 0 aliphatic heterocycles. The van der Waals surface area contributed by atoms with E-state index < -0.39 is 11.7 Å². The molecular weight excluding hydrogens is 268 g/mol. The molecule has 0 aromatic heterocycles. The highest BCUT2D eigenvalue weighted by atomic mass is 16.6. The van der Waals surface area contributed by atoms with Crippen LogP contribution in [0.4, 0.5) is 10.5 Å². The Morgan fingerprint density at radius 2 is 2.05 bits per heavy atom. The highest BCUT2D eigenvalue weighted by Crippen LogP contribution is 2.24. The Kier molecular flexibility index (Phi) is 6.03. The second kappa shape index (κ2) is 7.31. The van der Waals surface area contributed by atoms with Crippen LogP contribution < -0.4 is 15.8 Å². The lowest BCUT2D eigenvalue weighted by Gasteiger charge is -2.21. The molecule has 0 fully saturated rings. The standard InChI is InChI=1S/C16H26N2O3/c1-11(17)6-7-12-8-9-13(20-5)10-14(12)18-15(19)21-16(2,3)4/h8-11H,6-7,17H2,1-5H3,(H,18,19)/t11-/m1/s1. The summed E-state index contributed by atoms with van der Waals surface area (Å²) in [5.74, 6) is 0.686. The number of carbonyl (C=O) groups excluding carboxylic acids is 1. The van der Waals surface area contributed by atoms with Crippen molar-refractivity contribution >= 4 is 11.8 Å². The van der Waals surface area contributed by atoms with Crippen molar-refractivity contribution in [2.75, 3.05) is 12.4 Å². The van der Waals surface area contributed by atoms with Gasteiger partial charge in [0.05, 0.1) is 12.8 Å². The molecule has 1 aromatic rings. The fourth-order valence-electron chi connectivity index (χ4n) is 1.81. The first-order valence-corrected chi connectivity index (χ1v) is 7.14. The second-order valence-corrected chi connectivity index (χ2v) is 6.17. The maximum absolute atomic E-state index is 11.9. The number of methoxy groups -OCH3 is 1. The van der Waals surface area contributed by atoms with Gasteiger partial charge in [-0.3, -0.25) is 5.32 Å². The third-order valence-corrected chi connectivity index (χ3v) is 2.82. The van der Waals surface area contributed by atoms with E-state index in [4.69, 9.17) is 15.2 Å². The molecule has 1 amide bonds. The first-order chi connectivity index (χ1) is 9.71. The van der Waals surface area contributed by atoms with Gasteiger partial charge in [0.15, 0.2) is 0 Å². The van der Waals surface area contributed by atoms with E-state index in [9.17, 15) is 4.79 Å². The average molecular weight is 294 g/mol. The van der Waals surface area contributed by atoms with Gasteiger partial charge in [-0.1, -0.05) is 6.07 Å². The summed E-state index contributed by atoms with van der Waals surface area (Å²) >= 11 is 0. The smallest absolute Gasteiger partial charge is 0.412 e. The van der Waals surface area contributed by atoms with Crippen molar-refractivity contribution in [1.29, 1.82) is 0 Å². The normalized spacial score (nSPS) is 12.7. The van der Waals surface area contributed by atoms with Crippen molar-refractivity contribution in [2.45, 2.75) is 52.2 Å². The molecule has 0 aliphatic carbocycles. The zero-order valence-corrected chi connectivity index (χ0v) is 13.5. The van der Waals surface area contributed by atoms with E-state index in [-0.39, 0.29) is 6.04 Å². The zero-order valence-electron chi connectivity index (χ0n) is 13.5. The number of anilines is 1. The molecule has 118 valence electrons. The molecule has 3 N–H and O–H groups in total. The summed E-state index contributed by atoms with van der Waals surface area (Å²) in [6.45, 7) is 7.45. The van der Waals surface area contributed by atoms with Crippen LogP contribution in [0.5, 0.6) is 5.75 Å².